The Kier molecular flexibility index (Phi) is 3.09. The third kappa shape index (κ3) is 2.33. The van der Waals surface area contributed by atoms with Crippen LogP contribution in [-0.4, -0.2) is 18.1 Å². The van der Waals surface area contributed by atoms with E-state index in [1.54, 1.807) is 0 Å². The van der Waals surface area contributed by atoms with Gasteiger partial charge >= 0.3 is 0 Å². The Morgan fingerprint density at radius 2 is 2.24 bits per heavy atom. The van der Waals surface area contributed by atoms with Crippen molar-refractivity contribution in [3.63, 3.8) is 0 Å². The fourth-order valence-corrected chi connectivity index (χ4v) is 3.75. The van der Waals surface area contributed by atoms with E-state index in [0.29, 0.717) is 0 Å². The van der Waals surface area contributed by atoms with E-state index < -0.39 is 0 Å². The van der Waals surface area contributed by atoms with Crippen LogP contribution in [-0.2, 0) is 6.42 Å². The Labute approximate surface area is 107 Å². The normalized spacial score (nSPS) is 23.5. The van der Waals surface area contributed by atoms with Gasteiger partial charge in [0.25, 0.3) is 0 Å². The first kappa shape index (κ1) is 11.5. The van der Waals surface area contributed by atoms with Crippen LogP contribution in [0.25, 0.3) is 0 Å². The molecule has 1 fully saturated rings. The summed E-state index contributed by atoms with van der Waals surface area (Å²) in [6.45, 7) is 4.49. The van der Waals surface area contributed by atoms with Crippen LogP contribution in [0.5, 0.6) is 0 Å². The molecule has 1 saturated carbocycles. The van der Waals surface area contributed by atoms with Gasteiger partial charge in [0, 0.05) is 24.0 Å². The van der Waals surface area contributed by atoms with Crippen LogP contribution in [0.2, 0.25) is 0 Å². The summed E-state index contributed by atoms with van der Waals surface area (Å²) in [6.07, 6.45) is 6.26. The molecule has 3 nitrogen and oxygen atoms in total. The second-order valence-electron chi connectivity index (χ2n) is 5.29. The van der Waals surface area contributed by atoms with Gasteiger partial charge in [0.15, 0.2) is 5.13 Å². The zero-order valence-electron chi connectivity index (χ0n) is 10.5. The van der Waals surface area contributed by atoms with Gasteiger partial charge in [-0.2, -0.15) is 0 Å². The van der Waals surface area contributed by atoms with Gasteiger partial charge in [0.2, 0.25) is 0 Å². The van der Waals surface area contributed by atoms with E-state index in [9.17, 15) is 0 Å². The molecule has 0 aliphatic heterocycles. The molecular formula is C13H21N3S. The van der Waals surface area contributed by atoms with Crippen molar-refractivity contribution in [2.45, 2.75) is 45.1 Å². The maximum absolute atomic E-state index is 6.17. The quantitative estimate of drug-likeness (QED) is 0.894. The summed E-state index contributed by atoms with van der Waals surface area (Å²) in [5.74, 6) is 0.921. The molecule has 0 spiro atoms. The molecule has 1 aromatic heterocycles. The Balaban J connectivity index is 1.81. The Bertz CT molecular complexity index is 397. The van der Waals surface area contributed by atoms with Crippen molar-refractivity contribution in [1.82, 2.24) is 4.98 Å². The van der Waals surface area contributed by atoms with E-state index in [4.69, 9.17) is 10.7 Å². The third-order valence-electron chi connectivity index (χ3n) is 3.81. The van der Waals surface area contributed by atoms with Gasteiger partial charge in [0.1, 0.15) is 0 Å². The number of nitrogens with zero attached hydrogens (tertiary/aromatic N) is 2. The third-order valence-corrected chi connectivity index (χ3v) is 5.10. The number of nitrogens with two attached hydrogens (primary N) is 1. The van der Waals surface area contributed by atoms with Crippen molar-refractivity contribution in [2.24, 2.45) is 11.7 Å². The summed E-state index contributed by atoms with van der Waals surface area (Å²) < 4.78 is 0. The van der Waals surface area contributed by atoms with Crippen molar-refractivity contribution in [2.75, 3.05) is 18.0 Å². The summed E-state index contributed by atoms with van der Waals surface area (Å²) >= 11 is 1.84. The van der Waals surface area contributed by atoms with Crippen LogP contribution in [0.4, 0.5) is 5.13 Å². The maximum Gasteiger partial charge on any atom is 0.185 e. The highest BCUT2D eigenvalue weighted by molar-refractivity contribution is 7.15. The molecule has 1 unspecified atom stereocenters. The number of aryl methyl sites for hydroxylation is 1. The maximum atomic E-state index is 6.17. The van der Waals surface area contributed by atoms with E-state index in [2.05, 4.69) is 11.8 Å². The van der Waals surface area contributed by atoms with Crippen LogP contribution < -0.4 is 10.6 Å². The lowest BCUT2D eigenvalue weighted by atomic mass is 9.99. The molecule has 94 valence electrons. The van der Waals surface area contributed by atoms with Gasteiger partial charge in [-0.25, -0.2) is 4.98 Å². The molecule has 0 bridgehead atoms. The van der Waals surface area contributed by atoms with Gasteiger partial charge in [0.05, 0.1) is 5.69 Å². The zero-order valence-corrected chi connectivity index (χ0v) is 11.3. The molecule has 1 aromatic rings. The highest BCUT2D eigenvalue weighted by Crippen LogP contribution is 2.38. The van der Waals surface area contributed by atoms with E-state index >= 15 is 0 Å². The van der Waals surface area contributed by atoms with Crippen molar-refractivity contribution in [3.8, 4) is 0 Å². The van der Waals surface area contributed by atoms with Crippen LogP contribution in [0, 0.1) is 5.92 Å². The van der Waals surface area contributed by atoms with Crippen LogP contribution in [0.1, 0.15) is 49.2 Å². The zero-order chi connectivity index (χ0) is 11.8. The minimum atomic E-state index is 0.240. The molecule has 0 amide bonds. The minimum absolute atomic E-state index is 0.240. The monoisotopic (exact) mass is 251 g/mol. The van der Waals surface area contributed by atoms with Gasteiger partial charge in [-0.15, -0.1) is 0 Å². The van der Waals surface area contributed by atoms with Crippen molar-refractivity contribution >= 4 is 16.5 Å². The van der Waals surface area contributed by atoms with Gasteiger partial charge in [-0.1, -0.05) is 11.3 Å². The number of hydrogen-bond acceptors (Lipinski definition) is 4. The highest BCUT2D eigenvalue weighted by atomic mass is 32.1. The molecule has 0 radical (unpaired) electrons. The summed E-state index contributed by atoms with van der Waals surface area (Å²) in [5, 5.41) is 1.21. The molecular weight excluding hydrogens is 230 g/mol. The smallest absolute Gasteiger partial charge is 0.185 e. The summed E-state index contributed by atoms with van der Waals surface area (Å²) in [5.41, 5.74) is 7.44. The lowest BCUT2D eigenvalue weighted by Gasteiger charge is -2.19. The van der Waals surface area contributed by atoms with Crippen LogP contribution in [0.3, 0.4) is 0 Å². The molecule has 1 heterocycles. The first-order chi connectivity index (χ1) is 8.28. The van der Waals surface area contributed by atoms with Crippen LogP contribution >= 0.6 is 11.3 Å². The second-order valence-corrected chi connectivity index (χ2v) is 6.30. The lowest BCUT2D eigenvalue weighted by molar-refractivity contribution is 0.573. The van der Waals surface area contributed by atoms with E-state index in [1.165, 1.54) is 41.5 Å². The van der Waals surface area contributed by atoms with Crippen molar-refractivity contribution < 1.29 is 0 Å². The Morgan fingerprint density at radius 1 is 1.41 bits per heavy atom. The minimum Gasteiger partial charge on any atom is -0.348 e. The summed E-state index contributed by atoms with van der Waals surface area (Å²) in [6, 6.07) is 0.240. The molecule has 0 saturated heterocycles. The Morgan fingerprint density at radius 3 is 2.88 bits per heavy atom. The number of aromatic nitrogens is 1. The first-order valence-electron chi connectivity index (χ1n) is 6.78. The van der Waals surface area contributed by atoms with Gasteiger partial charge in [-0.05, 0) is 44.9 Å². The van der Waals surface area contributed by atoms with E-state index in [1.807, 2.05) is 11.3 Å². The van der Waals surface area contributed by atoms with Crippen LogP contribution in [0.15, 0.2) is 0 Å². The molecule has 1 atom stereocenters. The summed E-state index contributed by atoms with van der Waals surface area (Å²) in [4.78, 5) is 8.60. The molecule has 4 heteroatoms. The molecule has 2 aliphatic carbocycles. The first-order valence-corrected chi connectivity index (χ1v) is 7.59. The molecule has 2 aliphatic rings. The topological polar surface area (TPSA) is 42.2 Å². The number of fused-ring (bicyclic) bond motifs is 1. The number of anilines is 1. The number of hydrogen-bond donors (Lipinski definition) is 1. The second kappa shape index (κ2) is 4.58. The molecule has 0 aromatic carbocycles. The van der Waals surface area contributed by atoms with Crippen molar-refractivity contribution in [1.29, 1.82) is 0 Å². The largest absolute Gasteiger partial charge is 0.348 e. The van der Waals surface area contributed by atoms with E-state index in [0.717, 1.165) is 25.3 Å². The number of rotatable bonds is 4. The fourth-order valence-electron chi connectivity index (χ4n) is 2.53. The average Bonchev–Trinajstić information content (AvgIpc) is 3.04. The fraction of sp³-hybridized carbons (Fsp3) is 0.769. The standard InChI is InChI=1S/C13H21N3S/c1-2-16(8-9-6-7-9)13-15-11-5-3-4-10(14)12(11)17-13/h9-10H,2-8,14H2,1H3. The van der Waals surface area contributed by atoms with Gasteiger partial charge in [-0.3, -0.25) is 0 Å². The highest BCUT2D eigenvalue weighted by Gasteiger charge is 2.27. The summed E-state index contributed by atoms with van der Waals surface area (Å²) in [7, 11) is 0. The predicted octanol–water partition coefficient (Wildman–Crippen LogP) is 2.72. The molecule has 2 N–H and O–H groups in total. The van der Waals surface area contributed by atoms with E-state index in [-0.39, 0.29) is 6.04 Å². The molecule has 3 rings (SSSR count). The number of thiazole rings is 1. The molecule has 17 heavy (non-hydrogen) atoms. The Hall–Kier alpha value is -0.610. The average molecular weight is 251 g/mol. The lowest BCUT2D eigenvalue weighted by Crippen LogP contribution is -2.24. The van der Waals surface area contributed by atoms with Crippen molar-refractivity contribution in [3.05, 3.63) is 10.6 Å². The SMILES string of the molecule is CCN(CC1CC1)c1nc2c(s1)C(N)CCC2. The predicted molar refractivity (Wildman–Crippen MR) is 72.6 cm³/mol. The van der Waals surface area contributed by atoms with Gasteiger partial charge < -0.3 is 10.6 Å².